The van der Waals surface area contributed by atoms with Crippen molar-refractivity contribution in [2.24, 2.45) is 11.5 Å². The van der Waals surface area contributed by atoms with Gasteiger partial charge >= 0.3 is 6.03 Å². The van der Waals surface area contributed by atoms with Crippen LogP contribution in [0.1, 0.15) is 23.0 Å². The highest BCUT2D eigenvalue weighted by Crippen LogP contribution is 2.45. The maximum absolute atomic E-state index is 12.5. The monoisotopic (exact) mass is 456 g/mol. The molecule has 1 aliphatic carbocycles. The van der Waals surface area contributed by atoms with Gasteiger partial charge in [0.05, 0.1) is 49.2 Å². The normalized spacial score (nSPS) is 30.7. The third-order valence-electron chi connectivity index (χ3n) is 5.70. The van der Waals surface area contributed by atoms with Gasteiger partial charge in [-0.2, -0.15) is 0 Å². The zero-order chi connectivity index (χ0) is 19.9. The van der Waals surface area contributed by atoms with Crippen molar-refractivity contribution in [3.05, 3.63) is 22.4 Å². The fourth-order valence-corrected chi connectivity index (χ4v) is 5.07. The molecule has 2 aliphatic heterocycles. The summed E-state index contributed by atoms with van der Waals surface area (Å²) in [5.74, 6) is -0.162. The van der Waals surface area contributed by atoms with Gasteiger partial charge in [-0.15, -0.1) is 0 Å². The summed E-state index contributed by atoms with van der Waals surface area (Å²) in [6.45, 7) is 2.58. The highest BCUT2D eigenvalue weighted by Gasteiger charge is 2.63. The molecule has 6 N–H and O–H groups in total. The van der Waals surface area contributed by atoms with Gasteiger partial charge in [-0.3, -0.25) is 4.79 Å². The first-order chi connectivity index (χ1) is 13.5. The summed E-state index contributed by atoms with van der Waals surface area (Å²) in [5.41, 5.74) is 11.8. The second-order valence-corrected chi connectivity index (χ2v) is 8.08. The summed E-state index contributed by atoms with van der Waals surface area (Å²) in [7, 11) is 0. The fraction of sp³-hybridized carbons (Fsp3) is 0.647. The Morgan fingerprint density at radius 2 is 1.93 bits per heavy atom. The average Bonchev–Trinajstić information content (AvgIpc) is 3.25. The summed E-state index contributed by atoms with van der Waals surface area (Å²) >= 11 is 3.52. The Morgan fingerprint density at radius 1 is 1.18 bits per heavy atom. The molecule has 11 heteroatoms. The number of amides is 3. The van der Waals surface area contributed by atoms with Crippen LogP contribution in [0.3, 0.4) is 0 Å². The number of nitrogens with zero attached hydrogens (tertiary/aromatic N) is 2. The van der Waals surface area contributed by atoms with Crippen molar-refractivity contribution < 1.29 is 19.1 Å². The average molecular weight is 457 g/mol. The molecule has 3 heterocycles. The van der Waals surface area contributed by atoms with E-state index in [1.54, 1.807) is 11.0 Å². The maximum atomic E-state index is 12.5. The summed E-state index contributed by atoms with van der Waals surface area (Å²) < 4.78 is 13.6. The Labute approximate surface area is 171 Å². The van der Waals surface area contributed by atoms with Crippen LogP contribution in [0.4, 0.5) is 4.79 Å². The molecule has 1 saturated carbocycles. The molecule has 4 atom stereocenters. The molecule has 1 aromatic rings. The van der Waals surface area contributed by atoms with E-state index in [4.69, 9.17) is 20.9 Å². The van der Waals surface area contributed by atoms with E-state index in [9.17, 15) is 9.59 Å². The molecule has 3 amide bonds. The standard InChI is InChI=1S/C17H25BrN6O4/c18-12-2-1-10-15(25)21-13-11(24(10)12)9-17(20)14(13)22-16(26)23(17)4-6-28-8-7-27-5-3-19/h1-2,11,13-14H,3-9,19-20H2,(H,21,25)(H,22,26)/t11-,13-,14+,17-/m1/s1. The van der Waals surface area contributed by atoms with Crippen LogP contribution < -0.4 is 22.1 Å². The fourth-order valence-electron chi connectivity index (χ4n) is 4.49. The van der Waals surface area contributed by atoms with Crippen LogP contribution in [0, 0.1) is 0 Å². The Kier molecular flexibility index (Phi) is 5.36. The third-order valence-corrected chi connectivity index (χ3v) is 6.35. The number of carbonyl (C=O) groups excluding carboxylic acids is 2. The van der Waals surface area contributed by atoms with Crippen molar-refractivity contribution in [3.63, 3.8) is 0 Å². The van der Waals surface area contributed by atoms with E-state index >= 15 is 0 Å². The van der Waals surface area contributed by atoms with Crippen LogP contribution in [0.5, 0.6) is 0 Å². The minimum absolute atomic E-state index is 0.0410. The molecular weight excluding hydrogens is 432 g/mol. The highest BCUT2D eigenvalue weighted by molar-refractivity contribution is 9.10. The number of fused-ring (bicyclic) bond motifs is 5. The lowest BCUT2D eigenvalue weighted by atomic mass is 10.0. The van der Waals surface area contributed by atoms with Crippen LogP contribution in [-0.2, 0) is 9.47 Å². The second-order valence-electron chi connectivity index (χ2n) is 7.27. The number of aromatic nitrogens is 1. The molecule has 4 rings (SSSR count). The van der Waals surface area contributed by atoms with Gasteiger partial charge in [-0.05, 0) is 28.1 Å². The third kappa shape index (κ3) is 3.11. The number of urea groups is 1. The van der Waals surface area contributed by atoms with Crippen molar-refractivity contribution in [2.45, 2.75) is 30.2 Å². The van der Waals surface area contributed by atoms with Crippen molar-refractivity contribution in [2.75, 3.05) is 39.5 Å². The van der Waals surface area contributed by atoms with Crippen LogP contribution in [-0.4, -0.2) is 78.7 Å². The van der Waals surface area contributed by atoms with E-state index in [2.05, 4.69) is 26.6 Å². The minimum Gasteiger partial charge on any atom is -0.378 e. The van der Waals surface area contributed by atoms with Crippen molar-refractivity contribution in [1.82, 2.24) is 20.1 Å². The van der Waals surface area contributed by atoms with Gasteiger partial charge in [0.2, 0.25) is 0 Å². The largest absolute Gasteiger partial charge is 0.378 e. The van der Waals surface area contributed by atoms with E-state index in [0.29, 0.717) is 51.6 Å². The Morgan fingerprint density at radius 3 is 2.68 bits per heavy atom. The van der Waals surface area contributed by atoms with Crippen LogP contribution >= 0.6 is 15.9 Å². The van der Waals surface area contributed by atoms with E-state index < -0.39 is 5.66 Å². The molecule has 10 nitrogen and oxygen atoms in total. The van der Waals surface area contributed by atoms with Crippen molar-refractivity contribution in [3.8, 4) is 0 Å². The molecule has 154 valence electrons. The molecule has 0 aromatic carbocycles. The van der Waals surface area contributed by atoms with Crippen molar-refractivity contribution >= 4 is 27.9 Å². The van der Waals surface area contributed by atoms with Gasteiger partial charge < -0.3 is 41.0 Å². The predicted molar refractivity (Wildman–Crippen MR) is 104 cm³/mol. The zero-order valence-electron chi connectivity index (χ0n) is 15.4. The minimum atomic E-state index is -0.898. The topological polar surface area (TPSA) is 137 Å². The number of ether oxygens (including phenoxy) is 2. The summed E-state index contributed by atoms with van der Waals surface area (Å²) in [4.78, 5) is 26.6. The van der Waals surface area contributed by atoms with Crippen molar-refractivity contribution in [1.29, 1.82) is 0 Å². The molecular formula is C17H25BrN6O4. The van der Waals surface area contributed by atoms with Gasteiger partial charge in [-0.1, -0.05) is 0 Å². The SMILES string of the molecule is NCCOCCOCCN1C(=O)N[C@H]2[C@@H]3NC(=O)c4ccc(Br)n4[C@@H]3C[C@]21N. The molecule has 1 aromatic heterocycles. The van der Waals surface area contributed by atoms with Gasteiger partial charge in [0, 0.05) is 19.5 Å². The Hall–Kier alpha value is -1.66. The number of halogens is 1. The highest BCUT2D eigenvalue weighted by atomic mass is 79.9. The first kappa shape index (κ1) is 19.6. The quantitative estimate of drug-likeness (QED) is 0.383. The van der Waals surface area contributed by atoms with Crippen LogP contribution in [0.25, 0.3) is 0 Å². The zero-order valence-corrected chi connectivity index (χ0v) is 17.0. The van der Waals surface area contributed by atoms with Gasteiger partial charge in [0.1, 0.15) is 11.4 Å². The Balaban J connectivity index is 1.43. The molecule has 0 bridgehead atoms. The van der Waals surface area contributed by atoms with E-state index in [0.717, 1.165) is 4.60 Å². The second kappa shape index (κ2) is 7.64. The summed E-state index contributed by atoms with van der Waals surface area (Å²) in [6.07, 6.45) is 0.529. The number of nitrogens with two attached hydrogens (primary N) is 2. The molecule has 3 aliphatic rings. The number of hydrogen-bond acceptors (Lipinski definition) is 6. The van der Waals surface area contributed by atoms with Gasteiger partial charge in [0.25, 0.3) is 5.91 Å². The first-order valence-electron chi connectivity index (χ1n) is 9.37. The van der Waals surface area contributed by atoms with E-state index in [1.807, 2.05) is 10.6 Å². The number of hydrogen-bond donors (Lipinski definition) is 4. The molecule has 28 heavy (non-hydrogen) atoms. The smallest absolute Gasteiger partial charge is 0.319 e. The maximum Gasteiger partial charge on any atom is 0.319 e. The first-order valence-corrected chi connectivity index (χ1v) is 10.2. The summed E-state index contributed by atoms with van der Waals surface area (Å²) in [6, 6.07) is 2.72. The Bertz CT molecular complexity index is 773. The molecule has 1 saturated heterocycles. The molecule has 0 spiro atoms. The van der Waals surface area contributed by atoms with Gasteiger partial charge in [0.15, 0.2) is 0 Å². The lowest BCUT2D eigenvalue weighted by Gasteiger charge is -2.33. The number of nitrogens with one attached hydrogen (secondary N) is 2. The lowest BCUT2D eigenvalue weighted by Crippen LogP contribution is -2.61. The van der Waals surface area contributed by atoms with E-state index in [1.165, 1.54) is 0 Å². The number of rotatable bonds is 8. The van der Waals surface area contributed by atoms with Gasteiger partial charge in [-0.25, -0.2) is 4.79 Å². The lowest BCUT2D eigenvalue weighted by molar-refractivity contribution is 0.0354. The van der Waals surface area contributed by atoms with Crippen LogP contribution in [0.15, 0.2) is 16.7 Å². The van der Waals surface area contributed by atoms with Crippen LogP contribution in [0.2, 0.25) is 0 Å². The number of carbonyl (C=O) groups is 2. The van der Waals surface area contributed by atoms with E-state index in [-0.39, 0.29) is 30.1 Å². The molecule has 2 fully saturated rings. The molecule has 0 radical (unpaired) electrons. The predicted octanol–water partition coefficient (Wildman–Crippen LogP) is -0.652. The summed E-state index contributed by atoms with van der Waals surface area (Å²) in [5, 5.41) is 5.98. The molecule has 0 unspecified atom stereocenters.